The first-order valence-corrected chi connectivity index (χ1v) is 9.29. The SMILES string of the molecule is CCCCCCCCCCCCc1ccc(Cl)c(NC(=O)O)c1. The van der Waals surface area contributed by atoms with E-state index in [0.717, 1.165) is 18.4 Å². The molecule has 1 aromatic carbocycles. The minimum Gasteiger partial charge on any atom is -0.465 e. The zero-order chi connectivity index (χ0) is 16.9. The van der Waals surface area contributed by atoms with E-state index in [1.165, 1.54) is 57.8 Å². The summed E-state index contributed by atoms with van der Waals surface area (Å²) in [7, 11) is 0. The van der Waals surface area contributed by atoms with Gasteiger partial charge < -0.3 is 5.11 Å². The smallest absolute Gasteiger partial charge is 0.409 e. The molecule has 1 aromatic rings. The van der Waals surface area contributed by atoms with Gasteiger partial charge in [-0.2, -0.15) is 0 Å². The Balaban J connectivity index is 2.12. The summed E-state index contributed by atoms with van der Waals surface area (Å²) >= 11 is 5.98. The van der Waals surface area contributed by atoms with Crippen molar-refractivity contribution in [3.05, 3.63) is 28.8 Å². The molecule has 0 aromatic heterocycles. The third kappa shape index (κ3) is 9.50. The fourth-order valence-corrected chi connectivity index (χ4v) is 2.92. The van der Waals surface area contributed by atoms with Crippen LogP contribution < -0.4 is 5.32 Å². The molecule has 1 amide bonds. The summed E-state index contributed by atoms with van der Waals surface area (Å²) in [5.74, 6) is 0. The van der Waals surface area contributed by atoms with Gasteiger partial charge in [-0.25, -0.2) is 4.79 Å². The average molecular weight is 340 g/mol. The van der Waals surface area contributed by atoms with Crippen LogP contribution in [0.1, 0.15) is 76.7 Å². The first-order chi connectivity index (χ1) is 11.1. The van der Waals surface area contributed by atoms with E-state index < -0.39 is 6.09 Å². The average Bonchev–Trinajstić information content (AvgIpc) is 2.51. The van der Waals surface area contributed by atoms with Crippen LogP contribution in [0.15, 0.2) is 18.2 Å². The molecule has 0 aliphatic carbocycles. The molecule has 3 nitrogen and oxygen atoms in total. The minimum absolute atomic E-state index is 0.444. The van der Waals surface area contributed by atoms with Crippen molar-refractivity contribution in [2.45, 2.75) is 77.6 Å². The van der Waals surface area contributed by atoms with E-state index in [1.807, 2.05) is 12.1 Å². The zero-order valence-corrected chi connectivity index (χ0v) is 15.0. The van der Waals surface area contributed by atoms with Gasteiger partial charge >= 0.3 is 6.09 Å². The highest BCUT2D eigenvalue weighted by molar-refractivity contribution is 6.33. The van der Waals surface area contributed by atoms with Gasteiger partial charge in [0.2, 0.25) is 0 Å². The largest absolute Gasteiger partial charge is 0.465 e. The van der Waals surface area contributed by atoms with Crippen LogP contribution in [-0.2, 0) is 6.42 Å². The summed E-state index contributed by atoms with van der Waals surface area (Å²) in [5, 5.41) is 11.6. The van der Waals surface area contributed by atoms with E-state index in [4.69, 9.17) is 16.7 Å². The highest BCUT2D eigenvalue weighted by Gasteiger charge is 2.05. The molecule has 23 heavy (non-hydrogen) atoms. The van der Waals surface area contributed by atoms with Gasteiger partial charge in [0.05, 0.1) is 10.7 Å². The van der Waals surface area contributed by atoms with Gasteiger partial charge in [0.15, 0.2) is 0 Å². The van der Waals surface area contributed by atoms with Gasteiger partial charge in [-0.15, -0.1) is 0 Å². The van der Waals surface area contributed by atoms with Crippen LogP contribution in [0.5, 0.6) is 0 Å². The summed E-state index contributed by atoms with van der Waals surface area (Å²) in [6.07, 6.45) is 13.1. The molecule has 0 radical (unpaired) electrons. The molecule has 0 aliphatic heterocycles. The van der Waals surface area contributed by atoms with Crippen molar-refractivity contribution in [2.24, 2.45) is 0 Å². The summed E-state index contributed by atoms with van der Waals surface area (Å²) in [6, 6.07) is 5.58. The zero-order valence-electron chi connectivity index (χ0n) is 14.2. The van der Waals surface area contributed by atoms with E-state index in [1.54, 1.807) is 6.07 Å². The van der Waals surface area contributed by atoms with Crippen molar-refractivity contribution in [1.29, 1.82) is 0 Å². The predicted octanol–water partition coefficient (Wildman–Crippen LogP) is 6.89. The predicted molar refractivity (Wildman–Crippen MR) is 98.6 cm³/mol. The van der Waals surface area contributed by atoms with Crippen LogP contribution in [0.25, 0.3) is 0 Å². The van der Waals surface area contributed by atoms with Gasteiger partial charge in [0.25, 0.3) is 0 Å². The third-order valence-corrected chi connectivity index (χ3v) is 4.42. The second-order valence-electron chi connectivity index (χ2n) is 6.18. The number of carboxylic acid groups (broad SMARTS) is 1. The number of hydrogen-bond donors (Lipinski definition) is 2. The summed E-state index contributed by atoms with van der Waals surface area (Å²) in [6.45, 7) is 2.25. The molecule has 0 saturated heterocycles. The topological polar surface area (TPSA) is 49.3 Å². The molecule has 0 bridgehead atoms. The van der Waals surface area contributed by atoms with Crippen molar-refractivity contribution in [1.82, 2.24) is 0 Å². The Morgan fingerprint density at radius 2 is 1.57 bits per heavy atom. The lowest BCUT2D eigenvalue weighted by Crippen LogP contribution is -2.07. The number of benzene rings is 1. The molecule has 1 rings (SSSR count). The second kappa shape index (κ2) is 12.2. The molecule has 0 spiro atoms. The van der Waals surface area contributed by atoms with E-state index in [9.17, 15) is 4.79 Å². The Morgan fingerprint density at radius 1 is 1.00 bits per heavy atom. The van der Waals surface area contributed by atoms with Gasteiger partial charge in [-0.1, -0.05) is 82.4 Å². The van der Waals surface area contributed by atoms with E-state index in [2.05, 4.69) is 12.2 Å². The maximum atomic E-state index is 10.7. The fourth-order valence-electron chi connectivity index (χ4n) is 2.76. The molecule has 0 heterocycles. The Kier molecular flexibility index (Phi) is 10.5. The van der Waals surface area contributed by atoms with E-state index >= 15 is 0 Å². The molecule has 0 atom stereocenters. The summed E-state index contributed by atoms with van der Waals surface area (Å²) in [4.78, 5) is 10.7. The minimum atomic E-state index is -1.08. The lowest BCUT2D eigenvalue weighted by Gasteiger charge is -2.07. The second-order valence-corrected chi connectivity index (χ2v) is 6.58. The Labute approximate surface area is 145 Å². The van der Waals surface area contributed by atoms with Crippen LogP contribution in [0.3, 0.4) is 0 Å². The van der Waals surface area contributed by atoms with Crippen molar-refractivity contribution in [2.75, 3.05) is 5.32 Å². The molecular formula is C19H30ClNO2. The standard InChI is InChI=1S/C19H30ClNO2/c1-2-3-4-5-6-7-8-9-10-11-12-16-13-14-17(20)18(15-16)21-19(22)23/h13-15,21H,2-12H2,1H3,(H,22,23). The van der Waals surface area contributed by atoms with Gasteiger partial charge in [-0.05, 0) is 30.5 Å². The monoisotopic (exact) mass is 339 g/mol. The number of aryl methyl sites for hydroxylation is 1. The molecule has 0 saturated carbocycles. The quantitative estimate of drug-likeness (QED) is 0.407. The number of anilines is 1. The molecule has 4 heteroatoms. The van der Waals surface area contributed by atoms with Gasteiger partial charge in [0.1, 0.15) is 0 Å². The lowest BCUT2D eigenvalue weighted by molar-refractivity contribution is 0.210. The van der Waals surface area contributed by atoms with Crippen molar-refractivity contribution >= 4 is 23.4 Å². The summed E-state index contributed by atoms with van der Waals surface area (Å²) < 4.78 is 0. The Hall–Kier alpha value is -1.22. The molecule has 0 fully saturated rings. The van der Waals surface area contributed by atoms with Crippen LogP contribution in [0, 0.1) is 0 Å². The number of hydrogen-bond acceptors (Lipinski definition) is 1. The number of nitrogens with one attached hydrogen (secondary N) is 1. The maximum Gasteiger partial charge on any atom is 0.409 e. The maximum absolute atomic E-state index is 10.7. The normalized spacial score (nSPS) is 10.7. The molecular weight excluding hydrogens is 310 g/mol. The highest BCUT2D eigenvalue weighted by atomic mass is 35.5. The van der Waals surface area contributed by atoms with Gasteiger partial charge in [-0.3, -0.25) is 5.32 Å². The summed E-state index contributed by atoms with van der Waals surface area (Å²) in [5.41, 5.74) is 1.61. The number of amides is 1. The van der Waals surface area contributed by atoms with Crippen LogP contribution >= 0.6 is 11.6 Å². The molecule has 0 unspecified atom stereocenters. The third-order valence-electron chi connectivity index (χ3n) is 4.09. The first kappa shape index (κ1) is 19.8. The number of halogens is 1. The number of carbonyl (C=O) groups is 1. The van der Waals surface area contributed by atoms with Crippen LogP contribution in [0.2, 0.25) is 5.02 Å². The van der Waals surface area contributed by atoms with Crippen LogP contribution in [-0.4, -0.2) is 11.2 Å². The van der Waals surface area contributed by atoms with E-state index in [0.29, 0.717) is 10.7 Å². The molecule has 130 valence electrons. The van der Waals surface area contributed by atoms with Crippen LogP contribution in [0.4, 0.5) is 10.5 Å². The first-order valence-electron chi connectivity index (χ1n) is 8.92. The molecule has 0 aliphatic rings. The lowest BCUT2D eigenvalue weighted by atomic mass is 10.0. The number of unbranched alkanes of at least 4 members (excludes halogenated alkanes) is 9. The van der Waals surface area contributed by atoms with Crippen molar-refractivity contribution < 1.29 is 9.90 Å². The Bertz CT molecular complexity index is 463. The number of rotatable bonds is 12. The van der Waals surface area contributed by atoms with Crippen molar-refractivity contribution in [3.63, 3.8) is 0 Å². The fraction of sp³-hybridized carbons (Fsp3) is 0.632. The highest BCUT2D eigenvalue weighted by Crippen LogP contribution is 2.24. The Morgan fingerprint density at radius 3 is 2.13 bits per heavy atom. The van der Waals surface area contributed by atoms with Crippen molar-refractivity contribution in [3.8, 4) is 0 Å². The molecule has 2 N–H and O–H groups in total. The van der Waals surface area contributed by atoms with E-state index in [-0.39, 0.29) is 0 Å². The van der Waals surface area contributed by atoms with Gasteiger partial charge in [0, 0.05) is 0 Å².